The van der Waals surface area contributed by atoms with Crippen molar-refractivity contribution in [3.8, 4) is 5.75 Å². The molecule has 2 rings (SSSR count). The Balaban J connectivity index is 1.89. The van der Waals surface area contributed by atoms with Crippen molar-refractivity contribution in [3.05, 3.63) is 23.8 Å². The van der Waals surface area contributed by atoms with Gasteiger partial charge in [0, 0.05) is 13.0 Å². The number of carboxylic acids is 1. The molecule has 0 saturated carbocycles. The molecule has 7 nitrogen and oxygen atoms in total. The summed E-state index contributed by atoms with van der Waals surface area (Å²) in [5, 5.41) is 14.0. The first kappa shape index (κ1) is 16.8. The Morgan fingerprint density at radius 1 is 1.30 bits per heavy atom. The van der Waals surface area contributed by atoms with Crippen molar-refractivity contribution in [1.29, 1.82) is 0 Å². The Hall–Kier alpha value is -2.57. The number of rotatable bonds is 7. The van der Waals surface area contributed by atoms with Gasteiger partial charge in [0.2, 0.25) is 0 Å². The van der Waals surface area contributed by atoms with Gasteiger partial charge in [0.25, 0.3) is 11.8 Å². The topological polar surface area (TPSA) is 105 Å². The molecule has 0 aromatic heterocycles. The molecule has 0 radical (unpaired) electrons. The number of nitrogens with one attached hydrogen (secondary N) is 2. The second-order valence-corrected chi connectivity index (χ2v) is 5.39. The van der Waals surface area contributed by atoms with E-state index in [0.717, 1.165) is 6.42 Å². The van der Waals surface area contributed by atoms with Crippen LogP contribution in [0.3, 0.4) is 0 Å². The van der Waals surface area contributed by atoms with E-state index in [1.165, 1.54) is 0 Å². The molecule has 0 fully saturated rings. The van der Waals surface area contributed by atoms with Crippen LogP contribution < -0.4 is 15.4 Å². The molecule has 0 aliphatic carbocycles. The van der Waals surface area contributed by atoms with E-state index in [2.05, 4.69) is 10.6 Å². The summed E-state index contributed by atoms with van der Waals surface area (Å²) in [7, 11) is 0. The van der Waals surface area contributed by atoms with E-state index in [1.54, 1.807) is 25.1 Å². The van der Waals surface area contributed by atoms with E-state index in [1.807, 2.05) is 0 Å². The molecular weight excluding hydrogens is 300 g/mol. The van der Waals surface area contributed by atoms with Crippen molar-refractivity contribution in [3.63, 3.8) is 0 Å². The van der Waals surface area contributed by atoms with Crippen LogP contribution in [0.2, 0.25) is 0 Å². The van der Waals surface area contributed by atoms with Crippen molar-refractivity contribution in [2.75, 3.05) is 11.9 Å². The standard InChI is InChI=1S/C16H20N2O5/c1-10-15(21)18-12-7-5-6-11(14(12)23-10)16(22)17-9-4-2-3-8-13(19)20/h5-7,10H,2-4,8-9H2,1H3,(H,17,22)(H,18,21)(H,19,20). The highest BCUT2D eigenvalue weighted by molar-refractivity contribution is 6.03. The third-order valence-corrected chi connectivity index (χ3v) is 3.53. The van der Waals surface area contributed by atoms with Gasteiger partial charge in [-0.15, -0.1) is 0 Å². The van der Waals surface area contributed by atoms with Gasteiger partial charge >= 0.3 is 5.97 Å². The monoisotopic (exact) mass is 320 g/mol. The Bertz CT molecular complexity index is 614. The summed E-state index contributed by atoms with van der Waals surface area (Å²) >= 11 is 0. The lowest BCUT2D eigenvalue weighted by Gasteiger charge is -2.25. The number of amides is 2. The summed E-state index contributed by atoms with van der Waals surface area (Å²) in [6.07, 6.45) is 1.54. The average Bonchev–Trinajstić information content (AvgIpc) is 2.51. The van der Waals surface area contributed by atoms with E-state index in [0.29, 0.717) is 36.4 Å². The zero-order valence-corrected chi connectivity index (χ0v) is 12.9. The molecule has 0 bridgehead atoms. The Morgan fingerprint density at radius 2 is 2.09 bits per heavy atom. The summed E-state index contributed by atoms with van der Waals surface area (Å²) in [4.78, 5) is 34.2. The highest BCUT2D eigenvalue weighted by atomic mass is 16.5. The van der Waals surface area contributed by atoms with E-state index >= 15 is 0 Å². The van der Waals surface area contributed by atoms with E-state index in [-0.39, 0.29) is 18.2 Å². The molecule has 1 aromatic carbocycles. The van der Waals surface area contributed by atoms with Crippen LogP contribution in [0.25, 0.3) is 0 Å². The van der Waals surface area contributed by atoms with Gasteiger partial charge in [-0.25, -0.2) is 0 Å². The van der Waals surface area contributed by atoms with Crippen molar-refractivity contribution in [2.45, 2.75) is 38.7 Å². The number of fused-ring (bicyclic) bond motifs is 1. The number of anilines is 1. The van der Waals surface area contributed by atoms with Gasteiger partial charge < -0.3 is 20.5 Å². The molecule has 1 atom stereocenters. The quantitative estimate of drug-likeness (QED) is 0.664. The predicted molar refractivity (Wildman–Crippen MR) is 83.6 cm³/mol. The minimum Gasteiger partial charge on any atom is -0.481 e. The Kier molecular flexibility index (Phi) is 5.56. The second-order valence-electron chi connectivity index (χ2n) is 5.39. The number of carboxylic acid groups (broad SMARTS) is 1. The van der Waals surface area contributed by atoms with Crippen LogP contribution in [0.15, 0.2) is 18.2 Å². The first-order valence-corrected chi connectivity index (χ1v) is 7.59. The fraction of sp³-hybridized carbons (Fsp3) is 0.438. The molecule has 1 unspecified atom stereocenters. The molecule has 1 heterocycles. The maximum Gasteiger partial charge on any atom is 0.303 e. The number of benzene rings is 1. The molecule has 124 valence electrons. The fourth-order valence-corrected chi connectivity index (χ4v) is 2.28. The summed E-state index contributed by atoms with van der Waals surface area (Å²) in [5.74, 6) is -0.946. The van der Waals surface area contributed by atoms with Gasteiger partial charge in [0.05, 0.1) is 11.3 Å². The van der Waals surface area contributed by atoms with Gasteiger partial charge in [0.1, 0.15) is 0 Å². The largest absolute Gasteiger partial charge is 0.481 e. The van der Waals surface area contributed by atoms with Crippen molar-refractivity contribution < 1.29 is 24.2 Å². The van der Waals surface area contributed by atoms with Gasteiger partial charge in [-0.1, -0.05) is 12.5 Å². The normalized spacial score (nSPS) is 16.0. The number of carbonyl (C=O) groups is 3. The maximum absolute atomic E-state index is 12.2. The lowest BCUT2D eigenvalue weighted by molar-refractivity contribution is -0.137. The molecule has 1 aliphatic heterocycles. The fourth-order valence-electron chi connectivity index (χ4n) is 2.28. The molecule has 1 aromatic rings. The SMILES string of the molecule is CC1Oc2c(cccc2C(=O)NCCCCCC(=O)O)NC1=O. The zero-order chi connectivity index (χ0) is 16.8. The Labute approximate surface area is 134 Å². The molecule has 7 heteroatoms. The van der Waals surface area contributed by atoms with Crippen LogP contribution in [-0.2, 0) is 9.59 Å². The van der Waals surface area contributed by atoms with Crippen molar-refractivity contribution >= 4 is 23.5 Å². The molecule has 23 heavy (non-hydrogen) atoms. The molecule has 0 saturated heterocycles. The number of hydrogen-bond acceptors (Lipinski definition) is 4. The molecule has 2 amide bonds. The lowest BCUT2D eigenvalue weighted by Crippen LogP contribution is -2.36. The summed E-state index contributed by atoms with van der Waals surface area (Å²) in [6.45, 7) is 2.08. The highest BCUT2D eigenvalue weighted by Gasteiger charge is 2.27. The van der Waals surface area contributed by atoms with Gasteiger partial charge in [-0.05, 0) is 31.9 Å². The van der Waals surface area contributed by atoms with Crippen LogP contribution in [0.4, 0.5) is 5.69 Å². The van der Waals surface area contributed by atoms with Crippen LogP contribution in [-0.4, -0.2) is 35.5 Å². The first-order valence-electron chi connectivity index (χ1n) is 7.59. The van der Waals surface area contributed by atoms with Gasteiger partial charge in [-0.3, -0.25) is 14.4 Å². The number of hydrogen-bond donors (Lipinski definition) is 3. The van der Waals surface area contributed by atoms with Gasteiger partial charge in [-0.2, -0.15) is 0 Å². The van der Waals surface area contributed by atoms with Crippen LogP contribution in [0.5, 0.6) is 5.75 Å². The van der Waals surface area contributed by atoms with Crippen molar-refractivity contribution in [1.82, 2.24) is 5.32 Å². The van der Waals surface area contributed by atoms with Crippen molar-refractivity contribution in [2.24, 2.45) is 0 Å². The number of para-hydroxylation sites is 1. The third-order valence-electron chi connectivity index (χ3n) is 3.53. The number of unbranched alkanes of at least 4 members (excludes halogenated alkanes) is 2. The smallest absolute Gasteiger partial charge is 0.303 e. The van der Waals surface area contributed by atoms with Crippen LogP contribution in [0.1, 0.15) is 43.0 Å². The number of aliphatic carboxylic acids is 1. The second kappa shape index (κ2) is 7.62. The average molecular weight is 320 g/mol. The van der Waals surface area contributed by atoms with Crippen LogP contribution >= 0.6 is 0 Å². The maximum atomic E-state index is 12.2. The third kappa shape index (κ3) is 4.45. The minimum atomic E-state index is -0.807. The predicted octanol–water partition coefficient (Wildman–Crippen LogP) is 1.78. The van der Waals surface area contributed by atoms with E-state index < -0.39 is 12.1 Å². The molecule has 3 N–H and O–H groups in total. The zero-order valence-electron chi connectivity index (χ0n) is 12.9. The van der Waals surface area contributed by atoms with E-state index in [9.17, 15) is 14.4 Å². The summed E-state index contributed by atoms with van der Waals surface area (Å²) in [6, 6.07) is 5.00. The molecule has 1 aliphatic rings. The summed E-state index contributed by atoms with van der Waals surface area (Å²) < 4.78 is 5.53. The van der Waals surface area contributed by atoms with Gasteiger partial charge in [0.15, 0.2) is 11.9 Å². The minimum absolute atomic E-state index is 0.144. The summed E-state index contributed by atoms with van der Waals surface area (Å²) in [5.41, 5.74) is 0.863. The molecular formula is C16H20N2O5. The highest BCUT2D eigenvalue weighted by Crippen LogP contribution is 2.33. The number of carbonyl (C=O) groups excluding carboxylic acids is 2. The van der Waals surface area contributed by atoms with Crippen LogP contribution in [0, 0.1) is 0 Å². The Morgan fingerprint density at radius 3 is 2.83 bits per heavy atom. The number of ether oxygens (including phenoxy) is 1. The first-order chi connectivity index (χ1) is 11.0. The molecule has 0 spiro atoms. The van der Waals surface area contributed by atoms with E-state index in [4.69, 9.17) is 9.84 Å². The lowest BCUT2D eigenvalue weighted by atomic mass is 10.1.